The first-order valence-corrected chi connectivity index (χ1v) is 17.2. The van der Waals surface area contributed by atoms with Gasteiger partial charge in [-0.1, -0.05) is 117 Å². The Kier molecular flexibility index (Phi) is 22.9. The number of nitrogens with zero attached hydrogens (tertiary/aromatic N) is 2. The van der Waals surface area contributed by atoms with Crippen molar-refractivity contribution < 1.29 is 22.7 Å². The number of hydrogen-bond acceptors (Lipinski definition) is 4. The molecule has 1 fully saturated rings. The molecule has 0 unspecified atom stereocenters. The van der Waals surface area contributed by atoms with Crippen LogP contribution in [0.1, 0.15) is 143 Å². The van der Waals surface area contributed by atoms with Crippen LogP contribution in [0.3, 0.4) is 0 Å². The lowest BCUT2D eigenvalue weighted by Crippen LogP contribution is -2.61. The Morgan fingerprint density at radius 2 is 1.27 bits per heavy atom. The third-order valence-electron chi connectivity index (χ3n) is 8.38. The monoisotopic (exact) mass is 591 g/mol. The predicted octanol–water partition coefficient (Wildman–Crippen LogP) is 8.51. The summed E-state index contributed by atoms with van der Waals surface area (Å²) in [7, 11) is 0. The number of rotatable bonds is 26. The number of unbranched alkanes of at least 4 members (excludes halogenated alkanes) is 13. The van der Waals surface area contributed by atoms with Crippen molar-refractivity contribution in [2.75, 3.05) is 45.9 Å². The van der Waals surface area contributed by atoms with E-state index in [1.54, 1.807) is 0 Å². The van der Waals surface area contributed by atoms with E-state index in [0.29, 0.717) is 19.7 Å². The van der Waals surface area contributed by atoms with Gasteiger partial charge in [-0.25, -0.2) is 0 Å². The number of carbonyl (C=O) groups excluding carboxylic acids is 1. The maximum Gasteiger partial charge on any atom is 0.405 e. The van der Waals surface area contributed by atoms with Crippen molar-refractivity contribution in [1.29, 1.82) is 0 Å². The van der Waals surface area contributed by atoms with Crippen LogP contribution in [-0.2, 0) is 9.53 Å². The van der Waals surface area contributed by atoms with E-state index in [-0.39, 0.29) is 31.6 Å². The first kappa shape index (κ1) is 38.2. The van der Waals surface area contributed by atoms with Crippen LogP contribution in [0.2, 0.25) is 0 Å². The average Bonchev–Trinajstić information content (AvgIpc) is 2.93. The molecule has 0 aliphatic carbocycles. The largest absolute Gasteiger partial charge is 0.405 e. The summed E-state index contributed by atoms with van der Waals surface area (Å²) in [5.74, 6) is -0.261. The fourth-order valence-corrected chi connectivity index (χ4v) is 5.79. The second-order valence-corrected chi connectivity index (χ2v) is 12.2. The standard InChI is InChI=1S/C33H64F3N3O2/c1-4-7-10-13-16-19-26-41-27-20-23-38-24-25-39(31(28-38)33(34,35)36)29-32(40)37-30(21-17-14-11-8-5-2)22-18-15-12-9-6-3/h30-31H,4-29H2,1-3H3,(H,37,40)/t31-/m0/s1. The molecule has 244 valence electrons. The van der Waals surface area contributed by atoms with E-state index >= 15 is 0 Å². The maximum absolute atomic E-state index is 14.0. The van der Waals surface area contributed by atoms with E-state index in [1.807, 2.05) is 4.90 Å². The van der Waals surface area contributed by atoms with Gasteiger partial charge in [0.15, 0.2) is 0 Å². The van der Waals surface area contributed by atoms with Gasteiger partial charge < -0.3 is 15.0 Å². The molecule has 0 aromatic carbocycles. The highest BCUT2D eigenvalue weighted by Gasteiger charge is 2.46. The number of carbonyl (C=O) groups is 1. The highest BCUT2D eigenvalue weighted by molar-refractivity contribution is 5.78. The molecule has 1 aliphatic heterocycles. The highest BCUT2D eigenvalue weighted by atomic mass is 19.4. The fraction of sp³-hybridized carbons (Fsp3) is 0.970. The van der Waals surface area contributed by atoms with Crippen LogP contribution in [0.25, 0.3) is 0 Å². The molecular weight excluding hydrogens is 527 g/mol. The average molecular weight is 592 g/mol. The predicted molar refractivity (Wildman–Crippen MR) is 165 cm³/mol. The van der Waals surface area contributed by atoms with E-state index in [2.05, 4.69) is 26.1 Å². The number of piperazine rings is 1. The van der Waals surface area contributed by atoms with E-state index < -0.39 is 12.2 Å². The van der Waals surface area contributed by atoms with Crippen molar-refractivity contribution in [2.45, 2.75) is 161 Å². The fourth-order valence-electron chi connectivity index (χ4n) is 5.79. The Morgan fingerprint density at radius 1 is 0.756 bits per heavy atom. The van der Waals surface area contributed by atoms with E-state index in [9.17, 15) is 18.0 Å². The van der Waals surface area contributed by atoms with Gasteiger partial charge in [-0.15, -0.1) is 0 Å². The normalized spacial score (nSPS) is 17.0. The summed E-state index contributed by atoms with van der Waals surface area (Å²) in [6.07, 6.45) is 17.2. The molecule has 0 aromatic rings. The molecule has 0 radical (unpaired) electrons. The van der Waals surface area contributed by atoms with E-state index in [1.165, 1.54) is 75.5 Å². The molecule has 41 heavy (non-hydrogen) atoms. The minimum atomic E-state index is -4.36. The van der Waals surface area contributed by atoms with Gasteiger partial charge in [0.1, 0.15) is 6.04 Å². The second kappa shape index (κ2) is 24.6. The SMILES string of the molecule is CCCCCCCCOCCCN1CCN(CC(=O)NC(CCCCCCC)CCCCCCC)[C@H](C(F)(F)F)C1. The lowest BCUT2D eigenvalue weighted by atomic mass is 10.0. The van der Waals surface area contributed by atoms with Crippen LogP contribution in [0.5, 0.6) is 0 Å². The Bertz CT molecular complexity index is 607. The van der Waals surface area contributed by atoms with E-state index in [4.69, 9.17) is 4.74 Å². The molecule has 5 nitrogen and oxygen atoms in total. The summed E-state index contributed by atoms with van der Waals surface area (Å²) in [4.78, 5) is 16.2. The van der Waals surface area contributed by atoms with Crippen LogP contribution < -0.4 is 5.32 Å². The number of ether oxygens (including phenoxy) is 1. The number of hydrogen-bond donors (Lipinski definition) is 1. The molecule has 0 bridgehead atoms. The van der Waals surface area contributed by atoms with Gasteiger partial charge in [-0.2, -0.15) is 13.2 Å². The molecule has 1 amide bonds. The zero-order chi connectivity index (χ0) is 30.2. The molecule has 1 atom stereocenters. The molecule has 1 rings (SSSR count). The van der Waals surface area contributed by atoms with Gasteiger partial charge in [0, 0.05) is 45.4 Å². The van der Waals surface area contributed by atoms with Crippen molar-refractivity contribution in [1.82, 2.24) is 15.1 Å². The van der Waals surface area contributed by atoms with Gasteiger partial charge in [0.2, 0.25) is 5.91 Å². The summed E-state index contributed by atoms with van der Waals surface area (Å²) >= 11 is 0. The molecule has 0 spiro atoms. The van der Waals surface area contributed by atoms with Crippen molar-refractivity contribution >= 4 is 5.91 Å². The number of amides is 1. The molecular formula is C33H64F3N3O2. The molecule has 0 saturated carbocycles. The van der Waals surface area contributed by atoms with Gasteiger partial charge >= 0.3 is 6.18 Å². The summed E-state index contributed by atoms with van der Waals surface area (Å²) in [5, 5.41) is 3.12. The second-order valence-electron chi connectivity index (χ2n) is 12.2. The van der Waals surface area contributed by atoms with Crippen molar-refractivity contribution in [3.63, 3.8) is 0 Å². The van der Waals surface area contributed by atoms with Gasteiger partial charge in [-0.05, 0) is 25.7 Å². The van der Waals surface area contributed by atoms with Crippen LogP contribution in [0.4, 0.5) is 13.2 Å². The number of halogens is 3. The Morgan fingerprint density at radius 3 is 1.83 bits per heavy atom. The van der Waals surface area contributed by atoms with Crippen LogP contribution in [0.15, 0.2) is 0 Å². The summed E-state index contributed by atoms with van der Waals surface area (Å²) in [6, 6.07) is -1.54. The molecule has 8 heteroatoms. The molecule has 0 aromatic heterocycles. The third kappa shape index (κ3) is 19.9. The Balaban J connectivity index is 2.46. The first-order chi connectivity index (χ1) is 19.8. The summed E-state index contributed by atoms with van der Waals surface area (Å²) < 4.78 is 47.8. The van der Waals surface area contributed by atoms with Crippen LogP contribution >= 0.6 is 0 Å². The van der Waals surface area contributed by atoms with Gasteiger partial charge in [0.25, 0.3) is 0 Å². The minimum Gasteiger partial charge on any atom is -0.381 e. The first-order valence-electron chi connectivity index (χ1n) is 17.2. The Labute approximate surface area is 250 Å². The number of alkyl halides is 3. The molecule has 1 heterocycles. The Hall–Kier alpha value is -0.860. The summed E-state index contributed by atoms with van der Waals surface area (Å²) in [5.41, 5.74) is 0. The summed E-state index contributed by atoms with van der Waals surface area (Å²) in [6.45, 7) is 9.07. The number of nitrogens with one attached hydrogen (secondary N) is 1. The topological polar surface area (TPSA) is 44.8 Å². The smallest absolute Gasteiger partial charge is 0.381 e. The van der Waals surface area contributed by atoms with Crippen molar-refractivity contribution in [2.24, 2.45) is 0 Å². The quantitative estimate of drug-likeness (QED) is 0.102. The third-order valence-corrected chi connectivity index (χ3v) is 8.38. The van der Waals surface area contributed by atoms with E-state index in [0.717, 1.165) is 58.0 Å². The molecule has 1 aliphatic rings. The lowest BCUT2D eigenvalue weighted by Gasteiger charge is -2.41. The minimum absolute atomic E-state index is 0.0627. The highest BCUT2D eigenvalue weighted by Crippen LogP contribution is 2.28. The van der Waals surface area contributed by atoms with Crippen molar-refractivity contribution in [3.05, 3.63) is 0 Å². The van der Waals surface area contributed by atoms with Crippen LogP contribution in [-0.4, -0.2) is 79.9 Å². The van der Waals surface area contributed by atoms with Crippen molar-refractivity contribution in [3.8, 4) is 0 Å². The zero-order valence-corrected chi connectivity index (χ0v) is 26.9. The van der Waals surface area contributed by atoms with Crippen LogP contribution in [0, 0.1) is 0 Å². The molecule has 1 saturated heterocycles. The van der Waals surface area contributed by atoms with Gasteiger partial charge in [0.05, 0.1) is 6.54 Å². The van der Waals surface area contributed by atoms with Gasteiger partial charge in [-0.3, -0.25) is 9.69 Å². The lowest BCUT2D eigenvalue weighted by molar-refractivity contribution is -0.197. The molecule has 1 N–H and O–H groups in total. The zero-order valence-electron chi connectivity index (χ0n) is 26.9. The maximum atomic E-state index is 14.0.